The maximum atomic E-state index is 4.78. The summed E-state index contributed by atoms with van der Waals surface area (Å²) >= 11 is 0. The van der Waals surface area contributed by atoms with Crippen LogP contribution in [0.3, 0.4) is 0 Å². The largest absolute Gasteiger partial charge is 0.371 e. The number of hydrogen-bond acceptors (Lipinski definition) is 4. The second-order valence-corrected chi connectivity index (χ2v) is 6.44. The fourth-order valence-electron chi connectivity index (χ4n) is 3.47. The van der Waals surface area contributed by atoms with Crippen LogP contribution in [-0.4, -0.2) is 30.1 Å². The Morgan fingerprint density at radius 2 is 1.71 bits per heavy atom. The molecule has 0 N–H and O–H groups in total. The maximum absolute atomic E-state index is 4.78. The monoisotopic (exact) mass is 318 g/mol. The third-order valence-electron chi connectivity index (χ3n) is 4.78. The molecular weight excluding hydrogens is 296 g/mol. The van der Waals surface area contributed by atoms with Crippen molar-refractivity contribution in [1.82, 2.24) is 9.97 Å². The van der Waals surface area contributed by atoms with Crippen LogP contribution < -0.4 is 9.80 Å². The molecule has 0 spiro atoms. The van der Waals surface area contributed by atoms with Crippen LogP contribution in [0.5, 0.6) is 0 Å². The van der Waals surface area contributed by atoms with Crippen molar-refractivity contribution in [3.63, 3.8) is 0 Å². The fourth-order valence-corrected chi connectivity index (χ4v) is 3.47. The van der Waals surface area contributed by atoms with Gasteiger partial charge in [0, 0.05) is 60.7 Å². The Labute approximate surface area is 142 Å². The van der Waals surface area contributed by atoms with Gasteiger partial charge in [-0.2, -0.15) is 0 Å². The van der Waals surface area contributed by atoms with Crippen molar-refractivity contribution >= 4 is 28.0 Å². The molecule has 4 rings (SSSR count). The van der Waals surface area contributed by atoms with E-state index in [1.807, 2.05) is 24.5 Å². The summed E-state index contributed by atoms with van der Waals surface area (Å²) < 4.78 is 0. The lowest BCUT2D eigenvalue weighted by atomic mass is 10.1. The van der Waals surface area contributed by atoms with Crippen molar-refractivity contribution in [1.29, 1.82) is 0 Å². The number of hydrogen-bond donors (Lipinski definition) is 0. The van der Waals surface area contributed by atoms with E-state index in [4.69, 9.17) is 4.98 Å². The Bertz CT molecular complexity index is 854. The van der Waals surface area contributed by atoms with E-state index in [-0.39, 0.29) is 0 Å². The Morgan fingerprint density at radius 1 is 0.958 bits per heavy atom. The molecule has 0 saturated carbocycles. The van der Waals surface area contributed by atoms with Gasteiger partial charge in [-0.15, -0.1) is 0 Å². The lowest BCUT2D eigenvalue weighted by Gasteiger charge is -2.22. The number of fused-ring (bicyclic) bond motifs is 1. The van der Waals surface area contributed by atoms with Gasteiger partial charge in [0.05, 0.1) is 5.52 Å². The van der Waals surface area contributed by atoms with Gasteiger partial charge < -0.3 is 9.80 Å². The Balaban J connectivity index is 1.78. The van der Waals surface area contributed by atoms with Crippen molar-refractivity contribution in [3.05, 3.63) is 54.5 Å². The van der Waals surface area contributed by atoms with E-state index in [9.17, 15) is 0 Å². The molecule has 0 aliphatic carbocycles. The minimum Gasteiger partial charge on any atom is -0.371 e. The van der Waals surface area contributed by atoms with E-state index >= 15 is 0 Å². The first-order valence-electron chi connectivity index (χ1n) is 8.52. The lowest BCUT2D eigenvalue weighted by Crippen LogP contribution is -2.18. The van der Waals surface area contributed by atoms with Gasteiger partial charge in [-0.25, -0.2) is 0 Å². The average molecular weight is 318 g/mol. The standard InChI is InChI=1S/C20H22N4/c1-15-13-20(24-11-3-4-12-24)18-6-5-17(14-19(18)22-15)23(2)16-7-9-21-10-8-16/h5-10,13-14H,3-4,11-12H2,1-2H3. The summed E-state index contributed by atoms with van der Waals surface area (Å²) in [6.45, 7) is 4.38. The number of pyridine rings is 2. The molecule has 4 nitrogen and oxygen atoms in total. The fraction of sp³-hybridized carbons (Fsp3) is 0.300. The van der Waals surface area contributed by atoms with Crippen LogP contribution in [0.1, 0.15) is 18.5 Å². The smallest absolute Gasteiger partial charge is 0.0746 e. The topological polar surface area (TPSA) is 32.3 Å². The summed E-state index contributed by atoms with van der Waals surface area (Å²) in [5.41, 5.74) is 5.73. The predicted molar refractivity (Wildman–Crippen MR) is 100 cm³/mol. The Kier molecular flexibility index (Phi) is 3.81. The van der Waals surface area contributed by atoms with Crippen LogP contribution in [0.4, 0.5) is 17.1 Å². The van der Waals surface area contributed by atoms with E-state index < -0.39 is 0 Å². The number of nitrogens with zero attached hydrogens (tertiary/aromatic N) is 4. The summed E-state index contributed by atoms with van der Waals surface area (Å²) in [5, 5.41) is 1.24. The molecule has 0 unspecified atom stereocenters. The Morgan fingerprint density at radius 3 is 2.46 bits per heavy atom. The number of aryl methyl sites for hydroxylation is 1. The van der Waals surface area contributed by atoms with Gasteiger partial charge >= 0.3 is 0 Å². The summed E-state index contributed by atoms with van der Waals surface area (Å²) in [5.74, 6) is 0. The summed E-state index contributed by atoms with van der Waals surface area (Å²) in [6, 6.07) is 12.8. The molecule has 3 aromatic rings. The van der Waals surface area contributed by atoms with Crippen molar-refractivity contribution in [2.75, 3.05) is 29.9 Å². The molecule has 0 atom stereocenters. The van der Waals surface area contributed by atoms with Crippen LogP contribution in [0.15, 0.2) is 48.8 Å². The van der Waals surface area contributed by atoms with Crippen LogP contribution >= 0.6 is 0 Å². The van der Waals surface area contributed by atoms with Gasteiger partial charge in [0.25, 0.3) is 0 Å². The van der Waals surface area contributed by atoms with E-state index in [0.29, 0.717) is 0 Å². The van der Waals surface area contributed by atoms with Crippen LogP contribution in [-0.2, 0) is 0 Å². The third kappa shape index (κ3) is 2.68. The van der Waals surface area contributed by atoms with Gasteiger partial charge in [-0.05, 0) is 56.2 Å². The molecule has 122 valence electrons. The molecule has 4 heteroatoms. The SMILES string of the molecule is Cc1cc(N2CCCC2)c2ccc(N(C)c3ccncc3)cc2n1. The highest BCUT2D eigenvalue weighted by atomic mass is 15.1. The van der Waals surface area contributed by atoms with Crippen LogP contribution in [0.2, 0.25) is 0 Å². The minimum absolute atomic E-state index is 1.07. The number of benzene rings is 1. The first-order chi connectivity index (χ1) is 11.7. The summed E-state index contributed by atoms with van der Waals surface area (Å²) in [7, 11) is 2.08. The quantitative estimate of drug-likeness (QED) is 0.720. The molecule has 1 fully saturated rings. The van der Waals surface area contributed by atoms with E-state index in [1.54, 1.807) is 0 Å². The molecule has 1 aliphatic rings. The minimum atomic E-state index is 1.07. The zero-order valence-corrected chi connectivity index (χ0v) is 14.2. The molecular formula is C20H22N4. The maximum Gasteiger partial charge on any atom is 0.0746 e. The average Bonchev–Trinajstić information content (AvgIpc) is 3.15. The lowest BCUT2D eigenvalue weighted by molar-refractivity contribution is 0.949. The molecule has 1 saturated heterocycles. The predicted octanol–water partition coefficient (Wildman–Crippen LogP) is 4.31. The zero-order valence-electron chi connectivity index (χ0n) is 14.2. The van der Waals surface area contributed by atoms with Crippen LogP contribution in [0, 0.1) is 6.92 Å². The summed E-state index contributed by atoms with van der Waals surface area (Å²) in [6.07, 6.45) is 6.21. The van der Waals surface area contributed by atoms with Crippen molar-refractivity contribution in [2.45, 2.75) is 19.8 Å². The molecule has 1 aromatic carbocycles. The highest BCUT2D eigenvalue weighted by Crippen LogP contribution is 2.33. The van der Waals surface area contributed by atoms with Crippen LogP contribution in [0.25, 0.3) is 10.9 Å². The second kappa shape index (κ2) is 6.11. The van der Waals surface area contributed by atoms with E-state index in [1.165, 1.54) is 23.9 Å². The highest BCUT2D eigenvalue weighted by Gasteiger charge is 2.16. The van der Waals surface area contributed by atoms with Gasteiger partial charge in [0.15, 0.2) is 0 Å². The van der Waals surface area contributed by atoms with Gasteiger partial charge in [-0.1, -0.05) is 0 Å². The molecule has 0 amide bonds. The molecule has 3 heterocycles. The molecule has 24 heavy (non-hydrogen) atoms. The third-order valence-corrected chi connectivity index (χ3v) is 4.78. The number of anilines is 3. The molecule has 1 aliphatic heterocycles. The normalized spacial score (nSPS) is 14.3. The molecule has 0 bridgehead atoms. The second-order valence-electron chi connectivity index (χ2n) is 6.44. The van der Waals surface area contributed by atoms with Gasteiger partial charge in [-0.3, -0.25) is 9.97 Å². The zero-order chi connectivity index (χ0) is 16.5. The van der Waals surface area contributed by atoms with Crippen molar-refractivity contribution in [3.8, 4) is 0 Å². The first-order valence-corrected chi connectivity index (χ1v) is 8.52. The van der Waals surface area contributed by atoms with Crippen molar-refractivity contribution < 1.29 is 0 Å². The van der Waals surface area contributed by atoms with Gasteiger partial charge in [0.2, 0.25) is 0 Å². The van der Waals surface area contributed by atoms with Gasteiger partial charge in [0.1, 0.15) is 0 Å². The molecule has 2 aromatic heterocycles. The van der Waals surface area contributed by atoms with E-state index in [2.05, 4.69) is 53.0 Å². The number of rotatable bonds is 3. The Hall–Kier alpha value is -2.62. The van der Waals surface area contributed by atoms with E-state index in [0.717, 1.165) is 35.7 Å². The molecule has 0 radical (unpaired) electrons. The highest BCUT2D eigenvalue weighted by molar-refractivity contribution is 5.94. The number of aromatic nitrogens is 2. The first kappa shape index (κ1) is 14.9. The van der Waals surface area contributed by atoms with Crippen molar-refractivity contribution in [2.24, 2.45) is 0 Å². The summed E-state index contributed by atoms with van der Waals surface area (Å²) in [4.78, 5) is 13.5.